The van der Waals surface area contributed by atoms with Gasteiger partial charge < -0.3 is 4.74 Å². The second-order valence-corrected chi connectivity index (χ2v) is 6.96. The third-order valence-electron chi connectivity index (χ3n) is 5.19. The molecule has 146 valence electrons. The molecule has 1 aliphatic rings. The van der Waals surface area contributed by atoms with Crippen LogP contribution in [0.5, 0.6) is 5.75 Å². The van der Waals surface area contributed by atoms with Crippen molar-refractivity contribution in [2.45, 2.75) is 37.7 Å². The summed E-state index contributed by atoms with van der Waals surface area (Å²) in [7, 11) is 0. The summed E-state index contributed by atoms with van der Waals surface area (Å²) in [5.41, 5.74) is -0.850. The molecule has 28 heavy (non-hydrogen) atoms. The van der Waals surface area contributed by atoms with Crippen molar-refractivity contribution in [3.05, 3.63) is 77.4 Å². The van der Waals surface area contributed by atoms with Crippen LogP contribution >= 0.6 is 0 Å². The van der Waals surface area contributed by atoms with Crippen LogP contribution in [0.15, 0.2) is 49.1 Å². The van der Waals surface area contributed by atoms with Crippen LogP contribution in [0.1, 0.15) is 48.3 Å². The summed E-state index contributed by atoms with van der Waals surface area (Å²) >= 11 is 0. The maximum atomic E-state index is 14.3. The lowest BCUT2D eigenvalue weighted by Gasteiger charge is -2.27. The van der Waals surface area contributed by atoms with Crippen LogP contribution in [0.3, 0.4) is 0 Å². The van der Waals surface area contributed by atoms with E-state index in [4.69, 9.17) is 5.26 Å². The highest BCUT2D eigenvalue weighted by Crippen LogP contribution is 2.38. The Hall–Kier alpha value is -2.81. The van der Waals surface area contributed by atoms with Crippen LogP contribution < -0.4 is 4.74 Å². The Bertz CT molecular complexity index is 871. The van der Waals surface area contributed by atoms with Gasteiger partial charge in [0, 0.05) is 0 Å². The van der Waals surface area contributed by atoms with E-state index in [0.29, 0.717) is 24.0 Å². The van der Waals surface area contributed by atoms with E-state index < -0.39 is 28.9 Å². The predicted molar refractivity (Wildman–Crippen MR) is 96.9 cm³/mol. The summed E-state index contributed by atoms with van der Waals surface area (Å²) in [6.07, 6.45) is 2.16. The highest BCUT2D eigenvalue weighted by Gasteiger charge is 2.36. The van der Waals surface area contributed by atoms with Gasteiger partial charge in [-0.25, -0.2) is 8.78 Å². The van der Waals surface area contributed by atoms with Crippen molar-refractivity contribution in [3.63, 3.8) is 0 Å². The number of halogens is 4. The lowest BCUT2D eigenvalue weighted by Crippen LogP contribution is -2.22. The van der Waals surface area contributed by atoms with Crippen molar-refractivity contribution in [1.29, 1.82) is 5.26 Å². The van der Waals surface area contributed by atoms with Gasteiger partial charge in [-0.3, -0.25) is 0 Å². The lowest BCUT2D eigenvalue weighted by atomic mass is 9.79. The minimum atomic E-state index is -3.95. The third-order valence-corrected chi connectivity index (χ3v) is 5.19. The Labute approximate surface area is 161 Å². The van der Waals surface area contributed by atoms with Gasteiger partial charge in [0.2, 0.25) is 0 Å². The van der Waals surface area contributed by atoms with E-state index >= 15 is 0 Å². The average Bonchev–Trinajstić information content (AvgIpc) is 2.68. The third kappa shape index (κ3) is 4.19. The molecule has 0 amide bonds. The Morgan fingerprint density at radius 1 is 1.04 bits per heavy atom. The topological polar surface area (TPSA) is 33.0 Å². The van der Waals surface area contributed by atoms with Crippen molar-refractivity contribution in [1.82, 2.24) is 0 Å². The van der Waals surface area contributed by atoms with Gasteiger partial charge in [0.1, 0.15) is 29.0 Å². The van der Waals surface area contributed by atoms with E-state index in [2.05, 4.69) is 11.3 Å². The van der Waals surface area contributed by atoms with Gasteiger partial charge in [-0.2, -0.15) is 14.0 Å². The first-order chi connectivity index (χ1) is 13.3. The zero-order valence-electron chi connectivity index (χ0n) is 15.1. The Morgan fingerprint density at radius 3 is 2.11 bits per heavy atom. The maximum absolute atomic E-state index is 14.3. The highest BCUT2D eigenvalue weighted by molar-refractivity contribution is 5.37. The zero-order chi connectivity index (χ0) is 20.3. The first-order valence-corrected chi connectivity index (χ1v) is 9.03. The smallest absolute Gasteiger partial charge is 0.426 e. The molecule has 0 N–H and O–H groups in total. The molecule has 3 rings (SSSR count). The van der Waals surface area contributed by atoms with Crippen LogP contribution in [0.25, 0.3) is 0 Å². The van der Waals surface area contributed by atoms with Crippen molar-refractivity contribution < 1.29 is 22.3 Å². The fraction of sp³-hybridized carbons (Fsp3) is 0.318. The van der Waals surface area contributed by atoms with E-state index in [0.717, 1.165) is 31.2 Å². The van der Waals surface area contributed by atoms with Gasteiger partial charge in [-0.05, 0) is 67.3 Å². The quantitative estimate of drug-likeness (QED) is 0.436. The van der Waals surface area contributed by atoms with Crippen molar-refractivity contribution >= 4 is 0 Å². The second-order valence-electron chi connectivity index (χ2n) is 6.96. The van der Waals surface area contributed by atoms with Crippen LogP contribution in [0.4, 0.5) is 17.6 Å². The molecule has 1 saturated carbocycles. The van der Waals surface area contributed by atoms with E-state index in [-0.39, 0.29) is 5.75 Å². The van der Waals surface area contributed by atoms with E-state index in [9.17, 15) is 17.6 Å². The molecular formula is C22H19F4NO. The maximum Gasteiger partial charge on any atom is 0.426 e. The molecule has 0 saturated heterocycles. The normalized spacial score (nSPS) is 19.7. The summed E-state index contributed by atoms with van der Waals surface area (Å²) in [6.45, 7) is 3.82. The highest BCUT2D eigenvalue weighted by atomic mass is 19.3. The SMILES string of the molecule is C=CC1CCC(c2ccc(OC(F)(F)c3cc(F)c(C#N)c(F)c3)cc2)CC1. The van der Waals surface area contributed by atoms with Crippen molar-refractivity contribution in [2.24, 2.45) is 5.92 Å². The van der Waals surface area contributed by atoms with Crippen molar-refractivity contribution in [2.75, 3.05) is 0 Å². The van der Waals surface area contributed by atoms with Gasteiger partial charge in [0.25, 0.3) is 0 Å². The molecule has 0 spiro atoms. The summed E-state index contributed by atoms with van der Waals surface area (Å²) < 4.78 is 60.6. The van der Waals surface area contributed by atoms with Crippen molar-refractivity contribution in [3.8, 4) is 11.8 Å². The number of nitriles is 1. The first kappa shape index (κ1) is 19.9. The largest absolute Gasteiger partial charge is 0.429 e. The number of rotatable bonds is 5. The number of allylic oxidation sites excluding steroid dienone is 1. The van der Waals surface area contributed by atoms with E-state index in [1.807, 2.05) is 6.08 Å². The number of nitrogens with zero attached hydrogens (tertiary/aromatic N) is 1. The van der Waals surface area contributed by atoms with Crippen LogP contribution in [0, 0.1) is 28.9 Å². The average molecular weight is 389 g/mol. The Morgan fingerprint density at radius 2 is 1.61 bits per heavy atom. The molecule has 0 radical (unpaired) electrons. The molecule has 0 atom stereocenters. The number of hydrogen-bond acceptors (Lipinski definition) is 2. The monoisotopic (exact) mass is 389 g/mol. The standard InChI is InChI=1S/C22H19F4NO/c1-2-14-3-5-15(6-4-14)16-7-9-18(10-8-16)28-22(25,26)17-11-20(23)19(13-27)21(24)12-17/h2,7-12,14-15H,1,3-6H2. The summed E-state index contributed by atoms with van der Waals surface area (Å²) in [5, 5.41) is 8.64. The fourth-order valence-corrected chi connectivity index (χ4v) is 3.55. The summed E-state index contributed by atoms with van der Waals surface area (Å²) in [5.74, 6) is -1.92. The number of hydrogen-bond donors (Lipinski definition) is 0. The van der Waals surface area contributed by atoms with Crippen LogP contribution in [-0.4, -0.2) is 0 Å². The summed E-state index contributed by atoms with van der Waals surface area (Å²) in [4.78, 5) is 0. The van der Waals surface area contributed by atoms with Gasteiger partial charge in [-0.1, -0.05) is 18.2 Å². The zero-order valence-corrected chi connectivity index (χ0v) is 15.1. The van der Waals surface area contributed by atoms with Gasteiger partial charge >= 0.3 is 6.11 Å². The molecule has 1 aliphatic carbocycles. The van der Waals surface area contributed by atoms with Crippen LogP contribution in [-0.2, 0) is 6.11 Å². The number of alkyl halides is 2. The molecule has 0 bridgehead atoms. The minimum Gasteiger partial charge on any atom is -0.429 e. The second kappa shape index (κ2) is 8.05. The number of benzene rings is 2. The Balaban J connectivity index is 1.73. The first-order valence-electron chi connectivity index (χ1n) is 9.03. The van der Waals surface area contributed by atoms with E-state index in [1.165, 1.54) is 18.2 Å². The molecule has 6 heteroatoms. The van der Waals surface area contributed by atoms with Gasteiger partial charge in [0.05, 0.1) is 5.56 Å². The molecular weight excluding hydrogens is 370 g/mol. The molecule has 0 aliphatic heterocycles. The molecule has 1 fully saturated rings. The number of ether oxygens (including phenoxy) is 1. The fourth-order valence-electron chi connectivity index (χ4n) is 3.55. The molecule has 2 aromatic rings. The molecule has 2 nitrogen and oxygen atoms in total. The molecule has 0 aromatic heterocycles. The summed E-state index contributed by atoms with van der Waals surface area (Å²) in [6, 6.07) is 8.46. The van der Waals surface area contributed by atoms with Gasteiger partial charge in [0.15, 0.2) is 0 Å². The Kier molecular flexibility index (Phi) is 5.73. The predicted octanol–water partition coefficient (Wildman–Crippen LogP) is 6.42. The lowest BCUT2D eigenvalue weighted by molar-refractivity contribution is -0.185. The molecule has 0 unspecified atom stereocenters. The molecule has 2 aromatic carbocycles. The molecule has 0 heterocycles. The van der Waals surface area contributed by atoms with Crippen LogP contribution in [0.2, 0.25) is 0 Å². The van der Waals surface area contributed by atoms with Gasteiger partial charge in [-0.15, -0.1) is 6.58 Å². The minimum absolute atomic E-state index is 0.112. The van der Waals surface area contributed by atoms with E-state index in [1.54, 1.807) is 12.1 Å².